The molecular weight excluding hydrogens is 254 g/mol. The van der Waals surface area contributed by atoms with Crippen LogP contribution in [0.5, 0.6) is 0 Å². The largest absolute Gasteiger partial charge is 0.394 e. The highest BCUT2D eigenvalue weighted by atomic mass is 16.5. The van der Waals surface area contributed by atoms with E-state index in [4.69, 9.17) is 15.6 Å². The Morgan fingerprint density at radius 2 is 2.26 bits per heavy atom. The molecule has 0 aliphatic heterocycles. The van der Waals surface area contributed by atoms with Gasteiger partial charge < -0.3 is 25.8 Å². The van der Waals surface area contributed by atoms with Gasteiger partial charge in [0.05, 0.1) is 19.3 Å². The summed E-state index contributed by atoms with van der Waals surface area (Å²) in [5.41, 5.74) is 2.92. The molecule has 1 aromatic heterocycles. The Bertz CT molecular complexity index is 472. The van der Waals surface area contributed by atoms with Crippen molar-refractivity contribution in [1.29, 1.82) is 0 Å². The maximum absolute atomic E-state index is 11.8. The van der Waals surface area contributed by atoms with Crippen LogP contribution >= 0.6 is 0 Å². The van der Waals surface area contributed by atoms with Crippen LogP contribution in [0.15, 0.2) is 17.1 Å². The zero-order valence-corrected chi connectivity index (χ0v) is 10.9. The van der Waals surface area contributed by atoms with Crippen LogP contribution in [0.1, 0.15) is 20.1 Å². The summed E-state index contributed by atoms with van der Waals surface area (Å²) in [6.07, 6.45) is -1.05. The number of anilines is 1. The van der Waals surface area contributed by atoms with E-state index in [0.717, 1.165) is 4.57 Å². The van der Waals surface area contributed by atoms with Crippen molar-refractivity contribution in [3.8, 4) is 0 Å². The molecule has 0 aliphatic rings. The number of ether oxygens (including phenoxy) is 1. The van der Waals surface area contributed by atoms with Crippen molar-refractivity contribution in [3.05, 3.63) is 22.7 Å². The molecule has 8 heteroatoms. The van der Waals surface area contributed by atoms with Crippen molar-refractivity contribution in [2.75, 3.05) is 18.9 Å². The lowest BCUT2D eigenvalue weighted by Gasteiger charge is -2.35. The van der Waals surface area contributed by atoms with Gasteiger partial charge >= 0.3 is 5.69 Å². The summed E-state index contributed by atoms with van der Waals surface area (Å²) in [5.74, 6) is 0.0406. The molecule has 0 aromatic carbocycles. The molecule has 19 heavy (non-hydrogen) atoms. The van der Waals surface area contributed by atoms with Crippen LogP contribution in [0.2, 0.25) is 0 Å². The number of hydrogen-bond donors (Lipinski definition) is 4. The first-order valence-electron chi connectivity index (χ1n) is 5.78. The monoisotopic (exact) mass is 273 g/mol. The molecule has 8 nitrogen and oxygen atoms in total. The molecule has 0 amide bonds. The number of nitrogens with two attached hydrogens (primary N) is 1. The first-order valence-corrected chi connectivity index (χ1v) is 5.78. The van der Waals surface area contributed by atoms with Crippen molar-refractivity contribution >= 4 is 5.82 Å². The molecule has 0 bridgehead atoms. The fraction of sp³-hybridized carbons (Fsp3) is 0.636. The zero-order chi connectivity index (χ0) is 14.6. The first-order chi connectivity index (χ1) is 8.80. The number of hydrogen-bond acceptors (Lipinski definition) is 7. The van der Waals surface area contributed by atoms with Crippen LogP contribution in [0.25, 0.3) is 0 Å². The van der Waals surface area contributed by atoms with Crippen LogP contribution in [-0.4, -0.2) is 49.8 Å². The Labute approximate surface area is 110 Å². The van der Waals surface area contributed by atoms with Gasteiger partial charge in [0, 0.05) is 6.20 Å². The molecule has 1 rings (SSSR count). The van der Waals surface area contributed by atoms with E-state index in [1.54, 1.807) is 0 Å². The molecular formula is C11H19N3O5. The lowest BCUT2D eigenvalue weighted by molar-refractivity contribution is -0.186. The van der Waals surface area contributed by atoms with Crippen molar-refractivity contribution in [2.24, 2.45) is 0 Å². The Kier molecular flexibility index (Phi) is 5.01. The number of aliphatic hydroxyl groups is 3. The van der Waals surface area contributed by atoms with Gasteiger partial charge in [-0.25, -0.2) is 4.79 Å². The average Bonchev–Trinajstić information content (AvgIpc) is 2.31. The lowest BCUT2D eigenvalue weighted by atomic mass is 9.98. The number of rotatable bonds is 6. The predicted molar refractivity (Wildman–Crippen MR) is 67.3 cm³/mol. The molecule has 5 N–H and O–H groups in total. The smallest absolute Gasteiger partial charge is 0.351 e. The van der Waals surface area contributed by atoms with Crippen LogP contribution in [0, 0.1) is 0 Å². The van der Waals surface area contributed by atoms with Crippen LogP contribution < -0.4 is 11.4 Å². The summed E-state index contributed by atoms with van der Waals surface area (Å²) in [6.45, 7) is 2.29. The van der Waals surface area contributed by atoms with Gasteiger partial charge in [-0.3, -0.25) is 4.57 Å². The zero-order valence-electron chi connectivity index (χ0n) is 10.9. The molecule has 1 heterocycles. The molecule has 0 radical (unpaired) electrons. The minimum atomic E-state index is -1.74. The van der Waals surface area contributed by atoms with E-state index < -0.39 is 23.6 Å². The second kappa shape index (κ2) is 6.11. The van der Waals surface area contributed by atoms with Gasteiger partial charge in [-0.1, -0.05) is 0 Å². The summed E-state index contributed by atoms with van der Waals surface area (Å²) >= 11 is 0. The van der Waals surface area contributed by atoms with Gasteiger partial charge in [0.2, 0.25) is 0 Å². The van der Waals surface area contributed by atoms with Gasteiger partial charge in [-0.05, 0) is 19.9 Å². The number of aliphatic hydroxyl groups excluding tert-OH is 2. The topological polar surface area (TPSA) is 131 Å². The standard InChI is InChI=1S/C11H19N3O5/c1-7(16)11(2,18)9(19-6-5-15)14-4-3-8(12)13-10(14)17/h3-4,7,9,15-16,18H,5-6H2,1-2H3,(H2,12,13,17)/t7-,9?,11-/m1/s1. The second-order valence-electron chi connectivity index (χ2n) is 4.39. The van der Waals surface area contributed by atoms with E-state index in [1.807, 2.05) is 0 Å². The third-order valence-electron chi connectivity index (χ3n) is 2.82. The summed E-state index contributed by atoms with van der Waals surface area (Å²) in [7, 11) is 0. The quantitative estimate of drug-likeness (QED) is 0.494. The minimum absolute atomic E-state index is 0.0406. The normalized spacial score (nSPS) is 17.7. The van der Waals surface area contributed by atoms with E-state index in [0.29, 0.717) is 0 Å². The van der Waals surface area contributed by atoms with Crippen molar-refractivity contribution in [1.82, 2.24) is 9.55 Å². The Morgan fingerprint density at radius 3 is 2.74 bits per heavy atom. The second-order valence-corrected chi connectivity index (χ2v) is 4.39. The fourth-order valence-corrected chi connectivity index (χ4v) is 1.51. The molecule has 1 aromatic rings. The third kappa shape index (κ3) is 3.51. The van der Waals surface area contributed by atoms with Crippen LogP contribution in [0.4, 0.5) is 5.82 Å². The predicted octanol–water partition coefficient (Wildman–Crippen LogP) is -1.54. The van der Waals surface area contributed by atoms with Gasteiger partial charge in [0.1, 0.15) is 11.4 Å². The van der Waals surface area contributed by atoms with E-state index in [1.165, 1.54) is 26.1 Å². The summed E-state index contributed by atoms with van der Waals surface area (Å²) in [4.78, 5) is 15.3. The highest BCUT2D eigenvalue weighted by Crippen LogP contribution is 2.26. The van der Waals surface area contributed by atoms with Gasteiger partial charge in [-0.2, -0.15) is 4.98 Å². The summed E-state index contributed by atoms with van der Waals surface area (Å²) in [6, 6.07) is 1.37. The maximum Gasteiger partial charge on any atom is 0.351 e. The Hall–Kier alpha value is -1.48. The number of nitrogen functional groups attached to an aromatic ring is 1. The van der Waals surface area contributed by atoms with Gasteiger partial charge in [0.25, 0.3) is 0 Å². The van der Waals surface area contributed by atoms with Gasteiger partial charge in [0.15, 0.2) is 6.23 Å². The molecule has 3 atom stereocenters. The molecule has 0 spiro atoms. The molecule has 0 saturated heterocycles. The molecule has 0 fully saturated rings. The Balaban J connectivity index is 3.20. The summed E-state index contributed by atoms with van der Waals surface area (Å²) < 4.78 is 6.26. The minimum Gasteiger partial charge on any atom is -0.394 e. The number of nitrogens with zero attached hydrogens (tertiary/aromatic N) is 2. The number of aromatic nitrogens is 2. The Morgan fingerprint density at radius 1 is 1.63 bits per heavy atom. The molecule has 0 aliphatic carbocycles. The summed E-state index contributed by atoms with van der Waals surface area (Å²) in [5, 5.41) is 28.6. The van der Waals surface area contributed by atoms with E-state index in [-0.39, 0.29) is 19.0 Å². The highest BCUT2D eigenvalue weighted by Gasteiger charge is 2.39. The van der Waals surface area contributed by atoms with Crippen molar-refractivity contribution in [2.45, 2.75) is 31.8 Å². The fourth-order valence-electron chi connectivity index (χ4n) is 1.51. The average molecular weight is 273 g/mol. The van der Waals surface area contributed by atoms with Crippen molar-refractivity contribution in [3.63, 3.8) is 0 Å². The van der Waals surface area contributed by atoms with Gasteiger partial charge in [-0.15, -0.1) is 0 Å². The van der Waals surface area contributed by atoms with E-state index >= 15 is 0 Å². The van der Waals surface area contributed by atoms with E-state index in [2.05, 4.69) is 4.98 Å². The molecule has 1 unspecified atom stereocenters. The first kappa shape index (κ1) is 15.6. The highest BCUT2D eigenvalue weighted by molar-refractivity contribution is 5.23. The third-order valence-corrected chi connectivity index (χ3v) is 2.82. The molecule has 0 saturated carbocycles. The SMILES string of the molecule is C[C@@H](O)[C@@](C)(O)C(OCCO)n1ccc(N)nc1=O. The van der Waals surface area contributed by atoms with Crippen LogP contribution in [0.3, 0.4) is 0 Å². The maximum atomic E-state index is 11.8. The van der Waals surface area contributed by atoms with E-state index in [9.17, 15) is 15.0 Å². The lowest BCUT2D eigenvalue weighted by Crippen LogP contribution is -2.49. The molecule has 108 valence electrons. The van der Waals surface area contributed by atoms with Crippen LogP contribution in [-0.2, 0) is 4.74 Å². The van der Waals surface area contributed by atoms with Crippen molar-refractivity contribution < 1.29 is 20.1 Å².